The maximum absolute atomic E-state index is 11.5. The summed E-state index contributed by atoms with van der Waals surface area (Å²) in [7, 11) is -2.90. The summed E-state index contributed by atoms with van der Waals surface area (Å²) in [6.45, 7) is 0. The molecule has 0 unspecified atom stereocenters. The van der Waals surface area contributed by atoms with Gasteiger partial charge in [-0.2, -0.15) is 0 Å². The van der Waals surface area contributed by atoms with Gasteiger partial charge in [0.1, 0.15) is 0 Å². The molecule has 0 aliphatic heterocycles. The number of esters is 1. The highest BCUT2D eigenvalue weighted by molar-refractivity contribution is 7.93. The molecule has 0 amide bonds. The molecule has 9 heteroatoms. The monoisotopic (exact) mass is 307 g/mol. The van der Waals surface area contributed by atoms with E-state index in [-0.39, 0.29) is 16.3 Å². The molecule has 104 valence electrons. The second-order valence-electron chi connectivity index (χ2n) is 3.44. The van der Waals surface area contributed by atoms with Crippen molar-refractivity contribution >= 4 is 39.3 Å². The Morgan fingerprint density at radius 3 is 2.58 bits per heavy atom. The van der Waals surface area contributed by atoms with Gasteiger partial charge in [-0.1, -0.05) is 11.6 Å². The number of nitrogens with one attached hydrogen (secondary N) is 1. The summed E-state index contributed by atoms with van der Waals surface area (Å²) in [6.07, 6.45) is 0. The Morgan fingerprint density at radius 1 is 1.42 bits per heavy atom. The Balaban J connectivity index is 2.97. The van der Waals surface area contributed by atoms with Crippen molar-refractivity contribution in [3.63, 3.8) is 0 Å². The number of aromatic carboxylic acids is 1. The molecular weight excluding hydrogens is 298 g/mol. The van der Waals surface area contributed by atoms with E-state index >= 15 is 0 Å². The molecule has 19 heavy (non-hydrogen) atoms. The van der Waals surface area contributed by atoms with Gasteiger partial charge in [0.05, 0.1) is 17.7 Å². The van der Waals surface area contributed by atoms with Gasteiger partial charge in [0.2, 0.25) is 10.0 Å². The molecule has 0 aliphatic carbocycles. The van der Waals surface area contributed by atoms with E-state index in [0.717, 1.165) is 13.2 Å². The lowest BCUT2D eigenvalue weighted by Crippen LogP contribution is -2.23. The van der Waals surface area contributed by atoms with E-state index in [2.05, 4.69) is 9.46 Å². The van der Waals surface area contributed by atoms with E-state index in [9.17, 15) is 18.0 Å². The summed E-state index contributed by atoms with van der Waals surface area (Å²) < 4.78 is 29.4. The highest BCUT2D eigenvalue weighted by Gasteiger charge is 2.18. The number of anilines is 1. The Hall–Kier alpha value is -1.80. The maximum Gasteiger partial charge on any atom is 0.337 e. The van der Waals surface area contributed by atoms with Crippen molar-refractivity contribution in [1.82, 2.24) is 0 Å². The summed E-state index contributed by atoms with van der Waals surface area (Å²) >= 11 is 5.64. The summed E-state index contributed by atoms with van der Waals surface area (Å²) in [5.74, 6) is -3.09. The third kappa shape index (κ3) is 4.42. The molecule has 0 aromatic heterocycles. The summed E-state index contributed by atoms with van der Waals surface area (Å²) in [5.41, 5.74) is -0.259. The van der Waals surface area contributed by atoms with Crippen LogP contribution in [0.3, 0.4) is 0 Å². The van der Waals surface area contributed by atoms with Gasteiger partial charge in [-0.25, -0.2) is 13.2 Å². The van der Waals surface area contributed by atoms with Gasteiger partial charge < -0.3 is 9.84 Å². The number of hydrogen-bond donors (Lipinski definition) is 2. The van der Waals surface area contributed by atoms with Gasteiger partial charge in [0.25, 0.3) is 0 Å². The van der Waals surface area contributed by atoms with Gasteiger partial charge >= 0.3 is 11.9 Å². The van der Waals surface area contributed by atoms with Crippen LogP contribution in [-0.2, 0) is 19.6 Å². The first-order chi connectivity index (χ1) is 8.75. The number of carbonyl (C=O) groups excluding carboxylic acids is 1. The van der Waals surface area contributed by atoms with E-state index in [0.29, 0.717) is 0 Å². The van der Waals surface area contributed by atoms with Crippen molar-refractivity contribution in [2.75, 3.05) is 17.6 Å². The zero-order valence-electron chi connectivity index (χ0n) is 9.71. The second-order valence-corrected chi connectivity index (χ2v) is 5.57. The number of sulfonamides is 1. The van der Waals surface area contributed by atoms with Crippen molar-refractivity contribution in [2.45, 2.75) is 0 Å². The van der Waals surface area contributed by atoms with Gasteiger partial charge in [-0.05, 0) is 18.2 Å². The number of benzene rings is 1. The first-order valence-electron chi connectivity index (χ1n) is 4.85. The molecule has 0 spiro atoms. The van der Waals surface area contributed by atoms with Crippen molar-refractivity contribution in [1.29, 1.82) is 0 Å². The average Bonchev–Trinajstić information content (AvgIpc) is 2.30. The Kier molecular flexibility index (Phi) is 4.73. The smallest absolute Gasteiger partial charge is 0.337 e. The molecule has 0 fully saturated rings. The van der Waals surface area contributed by atoms with E-state index in [1.807, 2.05) is 0 Å². The van der Waals surface area contributed by atoms with E-state index in [1.165, 1.54) is 12.1 Å². The van der Waals surface area contributed by atoms with Crippen LogP contribution in [0.5, 0.6) is 0 Å². The molecule has 1 aromatic carbocycles. The number of carboxylic acid groups (broad SMARTS) is 1. The largest absolute Gasteiger partial charge is 0.478 e. The van der Waals surface area contributed by atoms with Crippen molar-refractivity contribution in [3.8, 4) is 0 Å². The molecule has 0 radical (unpaired) electrons. The molecule has 0 saturated carbocycles. The van der Waals surface area contributed by atoms with Crippen LogP contribution < -0.4 is 4.72 Å². The lowest BCUT2D eigenvalue weighted by molar-refractivity contribution is -0.137. The van der Waals surface area contributed by atoms with Crippen LogP contribution >= 0.6 is 11.6 Å². The minimum absolute atomic E-state index is 0.00861. The van der Waals surface area contributed by atoms with Crippen LogP contribution in [0.25, 0.3) is 0 Å². The quantitative estimate of drug-likeness (QED) is 0.784. The van der Waals surface area contributed by atoms with Crippen LogP contribution in [0.15, 0.2) is 18.2 Å². The summed E-state index contributed by atoms with van der Waals surface area (Å²) in [6, 6.07) is 3.57. The minimum Gasteiger partial charge on any atom is -0.478 e. The molecule has 2 N–H and O–H groups in total. The molecule has 0 atom stereocenters. The number of hydrogen-bond acceptors (Lipinski definition) is 5. The van der Waals surface area contributed by atoms with Crippen molar-refractivity contribution in [3.05, 3.63) is 28.8 Å². The number of carboxylic acids is 1. The normalized spacial score (nSPS) is 10.8. The van der Waals surface area contributed by atoms with Crippen LogP contribution in [0.4, 0.5) is 5.69 Å². The van der Waals surface area contributed by atoms with Crippen molar-refractivity contribution in [2.24, 2.45) is 0 Å². The average molecular weight is 308 g/mol. The Bertz CT molecular complexity index is 612. The maximum atomic E-state index is 11.5. The zero-order valence-corrected chi connectivity index (χ0v) is 11.3. The fraction of sp³-hybridized carbons (Fsp3) is 0.200. The fourth-order valence-corrected chi connectivity index (χ4v) is 2.37. The number of halogens is 1. The SMILES string of the molecule is COC(=O)CS(=O)(=O)Nc1ccc(Cl)c(C(=O)O)c1. The highest BCUT2D eigenvalue weighted by atomic mass is 35.5. The highest BCUT2D eigenvalue weighted by Crippen LogP contribution is 2.21. The lowest BCUT2D eigenvalue weighted by atomic mass is 10.2. The predicted octanol–water partition coefficient (Wildman–Crippen LogP) is 0.953. The van der Waals surface area contributed by atoms with Crippen LogP contribution in [0, 0.1) is 0 Å². The van der Waals surface area contributed by atoms with Crippen LogP contribution in [0.1, 0.15) is 10.4 Å². The van der Waals surface area contributed by atoms with Crippen LogP contribution in [0.2, 0.25) is 5.02 Å². The first-order valence-corrected chi connectivity index (χ1v) is 6.88. The molecule has 1 aromatic rings. The first kappa shape index (κ1) is 15.3. The third-order valence-electron chi connectivity index (χ3n) is 2.01. The number of carbonyl (C=O) groups is 2. The molecule has 0 aliphatic rings. The minimum atomic E-state index is -3.96. The van der Waals surface area contributed by atoms with E-state index < -0.39 is 27.7 Å². The Labute approximate surface area is 114 Å². The van der Waals surface area contributed by atoms with Gasteiger partial charge in [-0.15, -0.1) is 0 Å². The molecule has 0 heterocycles. The molecular formula is C10H10ClNO6S. The molecule has 0 saturated heterocycles. The number of rotatable bonds is 5. The summed E-state index contributed by atoms with van der Waals surface area (Å²) in [4.78, 5) is 21.7. The van der Waals surface area contributed by atoms with Crippen molar-refractivity contribution < 1.29 is 27.9 Å². The third-order valence-corrected chi connectivity index (χ3v) is 3.50. The fourth-order valence-electron chi connectivity index (χ4n) is 1.18. The van der Waals surface area contributed by atoms with Crippen LogP contribution in [-0.4, -0.2) is 38.3 Å². The van der Waals surface area contributed by atoms with Gasteiger partial charge in [0, 0.05) is 5.69 Å². The predicted molar refractivity (Wildman–Crippen MR) is 67.8 cm³/mol. The second kappa shape index (κ2) is 5.89. The molecule has 7 nitrogen and oxygen atoms in total. The van der Waals surface area contributed by atoms with Gasteiger partial charge in [-0.3, -0.25) is 9.52 Å². The topological polar surface area (TPSA) is 110 Å². The zero-order chi connectivity index (χ0) is 14.6. The standard InChI is InChI=1S/C10H10ClNO6S/c1-18-9(13)5-19(16,17)12-6-2-3-8(11)7(4-6)10(14)15/h2-4,12H,5H2,1H3,(H,14,15). The summed E-state index contributed by atoms with van der Waals surface area (Å²) in [5, 5.41) is 8.81. The molecule has 1 rings (SSSR count). The van der Waals surface area contributed by atoms with Gasteiger partial charge in [0.15, 0.2) is 5.75 Å². The number of ether oxygens (including phenoxy) is 1. The lowest BCUT2D eigenvalue weighted by Gasteiger charge is -2.08. The van der Waals surface area contributed by atoms with E-state index in [1.54, 1.807) is 0 Å². The number of methoxy groups -OCH3 is 1. The van der Waals surface area contributed by atoms with E-state index in [4.69, 9.17) is 16.7 Å². The molecule has 0 bridgehead atoms. The Morgan fingerprint density at radius 2 is 2.05 bits per heavy atom.